The average molecular weight is 2300 g/mol. The van der Waals surface area contributed by atoms with Crippen molar-refractivity contribution in [3.63, 3.8) is 0 Å². The molecule has 6 aliphatic heterocycles. The van der Waals surface area contributed by atoms with Crippen molar-refractivity contribution < 1.29 is 59.1 Å². The summed E-state index contributed by atoms with van der Waals surface area (Å²) in [6, 6.07) is 51.1. The van der Waals surface area contributed by atoms with Crippen LogP contribution in [0.25, 0.3) is 0 Å². The molecule has 6 heterocycles. The monoisotopic (exact) mass is 2300 g/mol. The molecule has 0 aliphatic carbocycles. The van der Waals surface area contributed by atoms with Gasteiger partial charge in [-0.25, -0.2) is 30.5 Å². The van der Waals surface area contributed by atoms with Crippen LogP contribution >= 0.6 is 67.8 Å². The first-order valence-corrected chi connectivity index (χ1v) is 56.4. The largest absolute Gasteiger partial charge is 0.381 e. The molecule has 135 heavy (non-hydrogen) atoms. The van der Waals surface area contributed by atoms with E-state index in [1.54, 1.807) is 6.92 Å². The van der Waals surface area contributed by atoms with Gasteiger partial charge in [0, 0.05) is 111 Å². The van der Waals surface area contributed by atoms with E-state index in [0.717, 1.165) is 124 Å². The Labute approximate surface area is 870 Å². The maximum absolute atomic E-state index is 12.8. The number of ketones is 2. The summed E-state index contributed by atoms with van der Waals surface area (Å²) < 4.78 is 109. The van der Waals surface area contributed by atoms with Crippen molar-refractivity contribution in [1.29, 1.82) is 0 Å². The number of nitrogens with one attached hydrogen (secondary N) is 2. The molecule has 5 unspecified atom stereocenters. The number of hydrogen-bond donors (Lipinski definition) is 4. The number of carbonyl (C=O) groups is 2. The molecule has 6 aliphatic rings. The normalized spacial score (nSPS) is 18.2. The Morgan fingerprint density at radius 1 is 0.333 bits per heavy atom. The number of nitrogens with zero attached hydrogens (tertiary/aromatic N) is 2. The third-order valence-electron chi connectivity index (χ3n) is 22.5. The van der Waals surface area contributed by atoms with Crippen LogP contribution in [0.2, 0.25) is 0 Å². The van der Waals surface area contributed by atoms with Gasteiger partial charge in [-0.05, 0) is 325 Å². The maximum atomic E-state index is 12.8. The van der Waals surface area contributed by atoms with E-state index in [2.05, 4.69) is 311 Å². The Kier molecular flexibility index (Phi) is 53.3. The van der Waals surface area contributed by atoms with Crippen molar-refractivity contribution in [1.82, 2.24) is 9.44 Å². The van der Waals surface area contributed by atoms with Gasteiger partial charge in [-0.3, -0.25) is 14.7 Å². The topological polar surface area (TPSA) is 276 Å². The minimum absolute atomic E-state index is 0.103. The molecule has 12 rings (SSSR count). The summed E-state index contributed by atoms with van der Waals surface area (Å²) in [4.78, 5) is 21.2. The zero-order valence-corrected chi connectivity index (χ0v) is 98.4. The summed E-state index contributed by atoms with van der Waals surface area (Å²) in [7, 11) is -5.60. The van der Waals surface area contributed by atoms with Gasteiger partial charge in [0.1, 0.15) is 27.8 Å². The van der Waals surface area contributed by atoms with Crippen LogP contribution in [0.5, 0.6) is 0 Å². The predicted octanol–water partition coefficient (Wildman–Crippen LogP) is 24.9. The number of rotatable bonds is 10. The van der Waals surface area contributed by atoms with E-state index in [0.29, 0.717) is 58.3 Å². The first-order chi connectivity index (χ1) is 62.0. The van der Waals surface area contributed by atoms with Gasteiger partial charge >= 0.3 is 0 Å². The van der Waals surface area contributed by atoms with Crippen LogP contribution in [0.3, 0.4) is 0 Å². The highest BCUT2D eigenvalue weighted by Crippen LogP contribution is 2.40. The smallest absolute Gasteiger partial charge is 0.159 e. The molecule has 0 amide bonds. The molecule has 5 atom stereocenters. The summed E-state index contributed by atoms with van der Waals surface area (Å²) in [6.07, 6.45) is 9.82. The molecule has 6 aromatic carbocycles. The lowest BCUT2D eigenvalue weighted by Crippen LogP contribution is -2.51. The number of hydrogen-bond acceptors (Lipinski definition) is 14. The first kappa shape index (κ1) is 126. The molecule has 6 N–H and O–H groups in total. The van der Waals surface area contributed by atoms with Gasteiger partial charge in [-0.1, -0.05) is 213 Å². The average Bonchev–Trinajstić information content (AvgIpc) is 0.781. The predicted molar refractivity (Wildman–Crippen MR) is 600 cm³/mol. The van der Waals surface area contributed by atoms with E-state index < -0.39 is 54.9 Å². The lowest BCUT2D eigenvalue weighted by Gasteiger charge is -2.40. The fourth-order valence-electron chi connectivity index (χ4n) is 13.0. The van der Waals surface area contributed by atoms with Crippen molar-refractivity contribution in [3.8, 4) is 0 Å². The standard InChI is InChI=1S/2C19H31NO2S.C15H23NO.2C10H13I.2C9H17NO2S.C8H7IO.C5H8O2.C4H11NOS/c2*1-17(2,3)15-8-7-9-16(14-15)19(10-12-22-13-11-19)20-23(21)18(4,5)6;1-14(2,3)12-5-4-6-13(11-12)15(16)7-9-17-10-8-15;2*1-10(2,3)8-5-4-6-9(11)7-8;2*1-9(2,3)13(11)10-8-4-6-12-7-5-8;1-6(10)7-3-2-4-8(9)5-7;6-5-1-3-7-4-2-5;1-4(2,3)7(5)6/h2*7-9,14,20H,10-13H2,1-6H3;4-6,11H,7-10,16H2,1-3H3;2*4-7H,1-3H3;2*4-7H2,1-3H3;2-5H,1H3;1-4H2;5H2,1-3H3. The van der Waals surface area contributed by atoms with Crippen LogP contribution in [-0.4, -0.2) is 147 Å². The first-order valence-electron chi connectivity index (χ1n) is 47.5. The highest BCUT2D eigenvalue weighted by Gasteiger charge is 2.41. The Morgan fingerprint density at radius 3 is 0.807 bits per heavy atom. The number of carbonyl (C=O) groups excluding carboxylic acids is 2. The fourth-order valence-corrected chi connectivity index (χ4v) is 18.0. The van der Waals surface area contributed by atoms with E-state index in [9.17, 15) is 30.6 Å². The highest BCUT2D eigenvalue weighted by molar-refractivity contribution is 14.1. The Bertz CT molecular complexity index is 4570. The number of halogens is 3. The van der Waals surface area contributed by atoms with Crippen LogP contribution in [0, 0.1) is 10.7 Å². The van der Waals surface area contributed by atoms with Crippen LogP contribution in [0.4, 0.5) is 0 Å². The van der Waals surface area contributed by atoms with Gasteiger partial charge in [-0.15, -0.1) is 0 Å². The molecule has 0 spiro atoms. The van der Waals surface area contributed by atoms with Gasteiger partial charge in [0.15, 0.2) is 5.78 Å². The summed E-state index contributed by atoms with van der Waals surface area (Å²) in [5.74, 6) is 0.463. The molecular weight excluding hydrogens is 2130 g/mol. The lowest BCUT2D eigenvalue weighted by atomic mass is 9.79. The van der Waals surface area contributed by atoms with E-state index in [4.69, 9.17) is 39.3 Å². The van der Waals surface area contributed by atoms with Gasteiger partial charge in [0.25, 0.3) is 0 Å². The lowest BCUT2D eigenvalue weighted by molar-refractivity contribution is -0.124. The minimum atomic E-state index is -1.18. The number of Topliss-reactive ketones (excluding diaryl/α,β-unsaturated/α-hetero) is 2. The molecule has 27 heteroatoms. The molecule has 19 nitrogen and oxygen atoms in total. The van der Waals surface area contributed by atoms with Crippen molar-refractivity contribution in [2.24, 2.45) is 19.7 Å². The number of nitrogens with two attached hydrogens (primary N) is 2. The Balaban J connectivity index is 0.000000395. The van der Waals surface area contributed by atoms with E-state index >= 15 is 0 Å². The second kappa shape index (κ2) is 57.3. The summed E-state index contributed by atoms with van der Waals surface area (Å²) >= 11 is 6.88. The van der Waals surface area contributed by atoms with Crippen molar-refractivity contribution >= 4 is 146 Å². The van der Waals surface area contributed by atoms with Crippen molar-refractivity contribution in [2.45, 2.75) is 359 Å². The minimum Gasteiger partial charge on any atom is -0.381 e. The number of benzene rings is 6. The third kappa shape index (κ3) is 48.7. The van der Waals surface area contributed by atoms with Crippen LogP contribution < -0.4 is 20.3 Å². The quantitative estimate of drug-likeness (QED) is 0.0733. The highest BCUT2D eigenvalue weighted by atomic mass is 127. The van der Waals surface area contributed by atoms with Gasteiger partial charge in [0.2, 0.25) is 0 Å². The second-order valence-corrected chi connectivity index (χ2v) is 58.3. The maximum Gasteiger partial charge on any atom is 0.159 e. The van der Waals surface area contributed by atoms with E-state index in [1.165, 1.54) is 51.6 Å². The molecule has 0 bridgehead atoms. The summed E-state index contributed by atoms with van der Waals surface area (Å²) in [5.41, 5.74) is 20.1. The van der Waals surface area contributed by atoms with Crippen LogP contribution in [0.15, 0.2) is 154 Å². The van der Waals surface area contributed by atoms with E-state index in [-0.39, 0.29) is 73.2 Å². The molecule has 0 aromatic heterocycles. The molecule has 6 aromatic rings. The molecule has 762 valence electrons. The summed E-state index contributed by atoms with van der Waals surface area (Å²) in [6.45, 7) is 72.7. The molecule has 6 saturated heterocycles. The van der Waals surface area contributed by atoms with Crippen molar-refractivity contribution in [3.05, 3.63) is 206 Å². The SMILES string of the molecule is CC(=O)c1cccc(I)c1.CC(C)(C)S(=O)N=C1CCOCC1.CC(C)(C)S(=O)N=C1CCOCC1.CC(C)(C)S(N)=O.CC(C)(C)c1cccc(C2(N)CCOCC2)c1.CC(C)(C)c1cccc(C2(NS(=O)C(C)(C)C)CCOCC2)c1.CC(C)(C)c1cccc(C2(NS(=O)C(C)(C)C)CCOCC2)c1.CC(C)(C)c1cccc(I)c1.CC(C)(C)c1cccc(I)c1.O=C1CCOCC1. The zero-order chi connectivity index (χ0) is 103. The molecular formula is C108H171I3N6O13S5. The third-order valence-corrected chi connectivity index (χ3v) is 32.1. The van der Waals surface area contributed by atoms with Gasteiger partial charge in [-0.2, -0.15) is 8.80 Å². The number of ether oxygens (including phenoxy) is 6. The van der Waals surface area contributed by atoms with Gasteiger partial charge < -0.3 is 34.2 Å². The fraction of sp³-hybridized carbons (Fsp3) is 0.630. The molecule has 0 saturated carbocycles. The second-order valence-electron chi connectivity index (χ2n) is 45.0. The van der Waals surface area contributed by atoms with Crippen LogP contribution in [0.1, 0.15) is 347 Å². The summed E-state index contributed by atoms with van der Waals surface area (Å²) in [5, 5.41) is 5.04. The van der Waals surface area contributed by atoms with Crippen molar-refractivity contribution in [2.75, 3.05) is 79.3 Å². The Morgan fingerprint density at radius 2 is 0.578 bits per heavy atom. The van der Waals surface area contributed by atoms with E-state index in [1.807, 2.05) is 128 Å². The molecule has 6 fully saturated rings. The Hall–Kier alpha value is -3.46. The van der Waals surface area contributed by atoms with Crippen LogP contribution in [-0.2, 0) is 132 Å². The van der Waals surface area contributed by atoms with Gasteiger partial charge in [0.05, 0.1) is 107 Å². The zero-order valence-electron chi connectivity index (χ0n) is 87.9. The molecule has 0 radical (unpaired) electrons.